The minimum Gasteiger partial charge on any atom is -0.486 e. The zero-order valence-corrected chi connectivity index (χ0v) is 13.6. The Balaban J connectivity index is 1.56. The summed E-state index contributed by atoms with van der Waals surface area (Å²) in [6.45, 7) is 2.83. The fraction of sp³-hybridized carbons (Fsp3) is 0.471. The molecule has 1 aliphatic carbocycles. The Kier molecular flexibility index (Phi) is 5.10. The van der Waals surface area contributed by atoms with Gasteiger partial charge in [-0.05, 0) is 37.5 Å². The predicted octanol–water partition coefficient (Wildman–Crippen LogP) is 1.39. The first-order valence-corrected chi connectivity index (χ1v) is 8.26. The highest BCUT2D eigenvalue weighted by atomic mass is 16.5. The minimum absolute atomic E-state index is 0.268. The number of aliphatic hydroxyl groups is 1. The molecule has 24 heavy (non-hydrogen) atoms. The number of hydrogen-bond acceptors (Lipinski definition) is 5. The number of carbonyl (C=O) groups excluding carboxylic acids is 1. The Morgan fingerprint density at radius 3 is 3.08 bits per heavy atom. The number of hydrogen-bond donors (Lipinski definition) is 2. The summed E-state index contributed by atoms with van der Waals surface area (Å²) >= 11 is 0. The third kappa shape index (κ3) is 3.73. The molecule has 0 aromatic carbocycles. The Hall–Kier alpha value is -2.41. The highest BCUT2D eigenvalue weighted by Crippen LogP contribution is 2.25. The van der Waals surface area contributed by atoms with E-state index in [-0.39, 0.29) is 18.1 Å². The normalized spacial score (nSPS) is 23.2. The first kappa shape index (κ1) is 16.4. The Morgan fingerprint density at radius 1 is 1.46 bits per heavy atom. The van der Waals surface area contributed by atoms with Crippen molar-refractivity contribution >= 4 is 5.91 Å². The molecule has 0 radical (unpaired) electrons. The average molecular weight is 330 g/mol. The van der Waals surface area contributed by atoms with Crippen LogP contribution in [0.25, 0.3) is 0 Å². The van der Waals surface area contributed by atoms with Crippen molar-refractivity contribution in [3.63, 3.8) is 0 Å². The second kappa shape index (κ2) is 7.44. The summed E-state index contributed by atoms with van der Waals surface area (Å²) in [6.07, 6.45) is 6.25. The maximum absolute atomic E-state index is 12.3. The molecule has 7 nitrogen and oxygen atoms in total. The number of ether oxygens (including phenoxy) is 1. The zero-order chi connectivity index (χ0) is 16.9. The molecule has 3 atom stereocenters. The standard InChI is InChI=1S/C17H22N4O3/c1-2-9-21-10-7-14(20-21)17(23)19-13-5-6-15(16(13)22)24-12-4-3-8-18-11-12/h3-4,7-8,10-11,13,15-16,22H,2,5-6,9H2,1H3,(H,19,23)/t13-,15-,16-/m1/s1. The van der Waals surface area contributed by atoms with Crippen molar-refractivity contribution in [1.82, 2.24) is 20.1 Å². The molecule has 1 aliphatic rings. The van der Waals surface area contributed by atoms with Crippen LogP contribution in [0.15, 0.2) is 36.8 Å². The van der Waals surface area contributed by atoms with Gasteiger partial charge in [-0.2, -0.15) is 5.10 Å². The molecule has 0 unspecified atom stereocenters. The van der Waals surface area contributed by atoms with Crippen LogP contribution in [0.1, 0.15) is 36.7 Å². The van der Waals surface area contributed by atoms with E-state index < -0.39 is 6.10 Å². The molecular formula is C17H22N4O3. The van der Waals surface area contributed by atoms with E-state index in [1.54, 1.807) is 41.5 Å². The first-order chi connectivity index (χ1) is 11.7. The van der Waals surface area contributed by atoms with E-state index in [0.717, 1.165) is 13.0 Å². The molecule has 1 fully saturated rings. The molecule has 0 aliphatic heterocycles. The maximum atomic E-state index is 12.3. The van der Waals surface area contributed by atoms with Crippen LogP contribution in [0.4, 0.5) is 0 Å². The fourth-order valence-electron chi connectivity index (χ4n) is 2.90. The van der Waals surface area contributed by atoms with Crippen molar-refractivity contribution in [3.8, 4) is 5.75 Å². The van der Waals surface area contributed by atoms with Crippen LogP contribution >= 0.6 is 0 Å². The largest absolute Gasteiger partial charge is 0.486 e. The number of aliphatic hydroxyl groups excluding tert-OH is 1. The minimum atomic E-state index is -0.758. The highest BCUT2D eigenvalue weighted by molar-refractivity contribution is 5.92. The lowest BCUT2D eigenvalue weighted by Gasteiger charge is -2.21. The maximum Gasteiger partial charge on any atom is 0.272 e. The molecule has 1 saturated carbocycles. The van der Waals surface area contributed by atoms with E-state index in [1.807, 2.05) is 0 Å². The summed E-state index contributed by atoms with van der Waals surface area (Å²) < 4.78 is 7.50. The fourth-order valence-corrected chi connectivity index (χ4v) is 2.90. The van der Waals surface area contributed by atoms with Gasteiger partial charge in [0.15, 0.2) is 0 Å². The van der Waals surface area contributed by atoms with Crippen LogP contribution in [0.2, 0.25) is 0 Å². The smallest absolute Gasteiger partial charge is 0.272 e. The summed E-state index contributed by atoms with van der Waals surface area (Å²) in [6, 6.07) is 4.93. The highest BCUT2D eigenvalue weighted by Gasteiger charge is 2.37. The molecule has 128 valence electrons. The molecule has 1 amide bonds. The molecule has 0 spiro atoms. The summed E-state index contributed by atoms with van der Waals surface area (Å²) in [4.78, 5) is 16.3. The van der Waals surface area contributed by atoms with E-state index in [9.17, 15) is 9.90 Å². The van der Waals surface area contributed by atoms with Crippen molar-refractivity contribution in [1.29, 1.82) is 0 Å². The van der Waals surface area contributed by atoms with Crippen molar-refractivity contribution < 1.29 is 14.6 Å². The SMILES string of the molecule is CCCn1ccc(C(=O)N[C@@H]2CC[C@@H](Oc3cccnc3)[C@@H]2O)n1. The topological polar surface area (TPSA) is 89.3 Å². The van der Waals surface area contributed by atoms with Crippen LogP contribution in [0.5, 0.6) is 5.75 Å². The molecule has 7 heteroatoms. The van der Waals surface area contributed by atoms with Gasteiger partial charge in [-0.1, -0.05) is 6.92 Å². The number of nitrogens with zero attached hydrogens (tertiary/aromatic N) is 3. The lowest BCUT2D eigenvalue weighted by Crippen LogP contribution is -2.44. The third-order valence-electron chi connectivity index (χ3n) is 4.12. The molecule has 0 saturated heterocycles. The van der Waals surface area contributed by atoms with Gasteiger partial charge in [-0.3, -0.25) is 14.5 Å². The predicted molar refractivity (Wildman–Crippen MR) is 87.7 cm³/mol. The number of aryl methyl sites for hydroxylation is 1. The van der Waals surface area contributed by atoms with Gasteiger partial charge < -0.3 is 15.2 Å². The summed E-state index contributed by atoms with van der Waals surface area (Å²) in [5, 5.41) is 17.5. The van der Waals surface area contributed by atoms with E-state index in [1.165, 1.54) is 0 Å². The number of carbonyl (C=O) groups is 1. The van der Waals surface area contributed by atoms with Crippen LogP contribution in [0.3, 0.4) is 0 Å². The van der Waals surface area contributed by atoms with Crippen LogP contribution in [0, 0.1) is 0 Å². The van der Waals surface area contributed by atoms with Crippen molar-refractivity contribution in [2.45, 2.75) is 51.0 Å². The molecular weight excluding hydrogens is 308 g/mol. The Bertz CT molecular complexity index is 673. The lowest BCUT2D eigenvalue weighted by atomic mass is 10.2. The van der Waals surface area contributed by atoms with Gasteiger partial charge in [0.2, 0.25) is 0 Å². The van der Waals surface area contributed by atoms with Gasteiger partial charge in [0.05, 0.1) is 12.2 Å². The number of pyridine rings is 1. The first-order valence-electron chi connectivity index (χ1n) is 8.26. The molecule has 2 aromatic rings. The van der Waals surface area contributed by atoms with E-state index in [2.05, 4.69) is 22.3 Å². The number of aromatic nitrogens is 3. The Labute approximate surface area is 140 Å². The van der Waals surface area contributed by atoms with Gasteiger partial charge in [0.1, 0.15) is 23.7 Å². The quantitative estimate of drug-likeness (QED) is 0.835. The second-order valence-electron chi connectivity index (χ2n) is 5.96. The lowest BCUT2D eigenvalue weighted by molar-refractivity contribution is 0.0432. The monoisotopic (exact) mass is 330 g/mol. The Morgan fingerprint density at radius 2 is 2.33 bits per heavy atom. The third-order valence-corrected chi connectivity index (χ3v) is 4.12. The van der Waals surface area contributed by atoms with Crippen molar-refractivity contribution in [3.05, 3.63) is 42.5 Å². The van der Waals surface area contributed by atoms with Gasteiger partial charge in [-0.15, -0.1) is 0 Å². The average Bonchev–Trinajstić information content (AvgIpc) is 3.18. The summed E-state index contributed by atoms with van der Waals surface area (Å²) in [5.74, 6) is 0.350. The zero-order valence-electron chi connectivity index (χ0n) is 13.6. The van der Waals surface area contributed by atoms with Gasteiger partial charge in [-0.25, -0.2) is 0 Å². The van der Waals surface area contributed by atoms with E-state index in [4.69, 9.17) is 4.74 Å². The van der Waals surface area contributed by atoms with Gasteiger partial charge in [0, 0.05) is 18.9 Å². The van der Waals surface area contributed by atoms with E-state index in [0.29, 0.717) is 24.3 Å². The number of nitrogens with one attached hydrogen (secondary N) is 1. The van der Waals surface area contributed by atoms with Crippen molar-refractivity contribution in [2.75, 3.05) is 0 Å². The molecule has 3 rings (SSSR count). The van der Waals surface area contributed by atoms with Crippen LogP contribution < -0.4 is 10.1 Å². The van der Waals surface area contributed by atoms with Crippen LogP contribution in [-0.4, -0.2) is 44.0 Å². The van der Waals surface area contributed by atoms with Crippen LogP contribution in [-0.2, 0) is 6.54 Å². The molecule has 0 bridgehead atoms. The van der Waals surface area contributed by atoms with E-state index >= 15 is 0 Å². The number of rotatable bonds is 6. The molecule has 2 heterocycles. The summed E-state index contributed by atoms with van der Waals surface area (Å²) in [7, 11) is 0. The molecule has 2 N–H and O–H groups in total. The molecule has 2 aromatic heterocycles. The van der Waals surface area contributed by atoms with Crippen molar-refractivity contribution in [2.24, 2.45) is 0 Å². The second-order valence-corrected chi connectivity index (χ2v) is 5.96. The number of amides is 1. The summed E-state index contributed by atoms with van der Waals surface area (Å²) in [5.41, 5.74) is 0.368. The van der Waals surface area contributed by atoms with Gasteiger partial charge in [0.25, 0.3) is 5.91 Å². The van der Waals surface area contributed by atoms with Gasteiger partial charge >= 0.3 is 0 Å².